The van der Waals surface area contributed by atoms with Crippen LogP contribution in [0.5, 0.6) is 0 Å². The highest BCUT2D eigenvalue weighted by molar-refractivity contribution is 6.06. The molecule has 1 saturated heterocycles. The Kier molecular flexibility index (Phi) is 4.32. The molecule has 3 heterocycles. The van der Waals surface area contributed by atoms with E-state index in [1.165, 1.54) is 11.9 Å². The van der Waals surface area contributed by atoms with Crippen molar-refractivity contribution < 1.29 is 9.21 Å². The van der Waals surface area contributed by atoms with Crippen molar-refractivity contribution in [1.82, 2.24) is 14.9 Å². The number of likely N-dealkylation sites (tertiary alicyclic amines) is 1. The molecule has 0 aliphatic carbocycles. The SMILES string of the molecule is Cc1oc2nc[nH]c(=O)c2c1C(=O)N1CCC(Cc2ccccc2)CC1. The van der Waals surface area contributed by atoms with Crippen LogP contribution < -0.4 is 5.56 Å². The van der Waals surface area contributed by atoms with Gasteiger partial charge in [-0.1, -0.05) is 30.3 Å². The minimum absolute atomic E-state index is 0.141. The van der Waals surface area contributed by atoms with Crippen molar-refractivity contribution in [2.75, 3.05) is 13.1 Å². The lowest BCUT2D eigenvalue weighted by atomic mass is 9.90. The van der Waals surface area contributed by atoms with Crippen LogP contribution in [0.25, 0.3) is 11.1 Å². The number of benzene rings is 1. The number of nitrogens with one attached hydrogen (secondary N) is 1. The van der Waals surface area contributed by atoms with Crippen molar-refractivity contribution in [1.29, 1.82) is 0 Å². The highest BCUT2D eigenvalue weighted by Crippen LogP contribution is 2.26. The molecule has 0 radical (unpaired) electrons. The molecule has 0 bridgehead atoms. The van der Waals surface area contributed by atoms with E-state index in [1.807, 2.05) is 11.0 Å². The van der Waals surface area contributed by atoms with Crippen molar-refractivity contribution in [2.24, 2.45) is 5.92 Å². The summed E-state index contributed by atoms with van der Waals surface area (Å²) in [6.07, 6.45) is 4.26. The molecular weight excluding hydrogens is 330 g/mol. The predicted molar refractivity (Wildman–Crippen MR) is 98.1 cm³/mol. The van der Waals surface area contributed by atoms with Crippen molar-refractivity contribution >= 4 is 17.0 Å². The average molecular weight is 351 g/mol. The van der Waals surface area contributed by atoms with E-state index in [9.17, 15) is 9.59 Å². The van der Waals surface area contributed by atoms with E-state index in [2.05, 4.69) is 34.2 Å². The molecule has 26 heavy (non-hydrogen) atoms. The third kappa shape index (κ3) is 3.03. The summed E-state index contributed by atoms with van der Waals surface area (Å²) in [7, 11) is 0. The molecule has 1 amide bonds. The van der Waals surface area contributed by atoms with Gasteiger partial charge in [0.15, 0.2) is 0 Å². The van der Waals surface area contributed by atoms with E-state index in [-0.39, 0.29) is 22.6 Å². The molecule has 1 N–H and O–H groups in total. The lowest BCUT2D eigenvalue weighted by Crippen LogP contribution is -2.39. The van der Waals surface area contributed by atoms with Crippen molar-refractivity contribution in [3.63, 3.8) is 0 Å². The Hall–Kier alpha value is -2.89. The van der Waals surface area contributed by atoms with Crippen molar-refractivity contribution in [2.45, 2.75) is 26.2 Å². The zero-order chi connectivity index (χ0) is 18.1. The zero-order valence-electron chi connectivity index (χ0n) is 14.7. The summed E-state index contributed by atoms with van der Waals surface area (Å²) in [6, 6.07) is 10.5. The number of aromatic nitrogens is 2. The Morgan fingerprint density at radius 1 is 1.27 bits per heavy atom. The molecule has 0 atom stereocenters. The Morgan fingerprint density at radius 3 is 2.73 bits per heavy atom. The molecule has 3 aromatic rings. The highest BCUT2D eigenvalue weighted by Gasteiger charge is 2.29. The smallest absolute Gasteiger partial charge is 0.262 e. The second-order valence-corrected chi connectivity index (χ2v) is 6.87. The molecule has 0 saturated carbocycles. The number of furan rings is 1. The predicted octanol–water partition coefficient (Wildman–Crippen LogP) is 2.92. The molecule has 2 aromatic heterocycles. The Balaban J connectivity index is 1.49. The van der Waals surface area contributed by atoms with Crippen LogP contribution in [-0.2, 0) is 6.42 Å². The van der Waals surface area contributed by atoms with E-state index in [1.54, 1.807) is 6.92 Å². The number of amides is 1. The summed E-state index contributed by atoms with van der Waals surface area (Å²) in [5, 5.41) is 0.251. The van der Waals surface area contributed by atoms with Crippen molar-refractivity contribution in [3.8, 4) is 0 Å². The van der Waals surface area contributed by atoms with E-state index in [0.29, 0.717) is 30.3 Å². The summed E-state index contributed by atoms with van der Waals surface area (Å²) in [4.78, 5) is 33.5. The second-order valence-electron chi connectivity index (χ2n) is 6.87. The summed E-state index contributed by atoms with van der Waals surface area (Å²) >= 11 is 0. The lowest BCUT2D eigenvalue weighted by Gasteiger charge is -2.32. The normalized spacial score (nSPS) is 15.5. The Morgan fingerprint density at radius 2 is 2.00 bits per heavy atom. The largest absolute Gasteiger partial charge is 0.442 e. The first-order chi connectivity index (χ1) is 12.6. The summed E-state index contributed by atoms with van der Waals surface area (Å²) < 4.78 is 5.51. The minimum atomic E-state index is -0.339. The molecule has 1 fully saturated rings. The van der Waals surface area contributed by atoms with Gasteiger partial charge in [0, 0.05) is 13.1 Å². The minimum Gasteiger partial charge on any atom is -0.442 e. The first-order valence-electron chi connectivity index (χ1n) is 8.93. The number of H-pyrrole nitrogens is 1. The van der Waals surface area contributed by atoms with E-state index < -0.39 is 0 Å². The second kappa shape index (κ2) is 6.78. The van der Waals surface area contributed by atoms with Gasteiger partial charge in [-0.05, 0) is 37.7 Å². The van der Waals surface area contributed by atoms with Gasteiger partial charge >= 0.3 is 0 Å². The number of aromatic amines is 1. The van der Waals surface area contributed by atoms with Gasteiger partial charge in [-0.25, -0.2) is 4.98 Å². The van der Waals surface area contributed by atoms with E-state index >= 15 is 0 Å². The van der Waals surface area contributed by atoms with Crippen LogP contribution in [0.4, 0.5) is 0 Å². The molecule has 6 heteroatoms. The van der Waals surface area contributed by atoms with Gasteiger partial charge in [0.25, 0.3) is 11.5 Å². The van der Waals surface area contributed by atoms with Crippen molar-refractivity contribution in [3.05, 3.63) is 63.9 Å². The molecular formula is C20H21N3O3. The Labute approximate surface area is 150 Å². The van der Waals surface area contributed by atoms with Gasteiger partial charge in [-0.15, -0.1) is 0 Å². The fourth-order valence-electron chi connectivity index (χ4n) is 3.76. The number of hydrogen-bond acceptors (Lipinski definition) is 4. The van der Waals surface area contributed by atoms with Gasteiger partial charge in [-0.3, -0.25) is 9.59 Å². The number of aryl methyl sites for hydroxylation is 1. The average Bonchev–Trinajstić information content (AvgIpc) is 3.00. The summed E-state index contributed by atoms with van der Waals surface area (Å²) in [5.74, 6) is 0.882. The van der Waals surface area contributed by atoms with Gasteiger partial charge in [-0.2, -0.15) is 0 Å². The number of nitrogens with zero attached hydrogens (tertiary/aromatic N) is 2. The lowest BCUT2D eigenvalue weighted by molar-refractivity contribution is 0.0690. The molecule has 6 nitrogen and oxygen atoms in total. The Bertz CT molecular complexity index is 982. The quantitative estimate of drug-likeness (QED) is 0.787. The first kappa shape index (κ1) is 16.6. The number of carbonyl (C=O) groups is 1. The molecule has 134 valence electrons. The fraction of sp³-hybridized carbons (Fsp3) is 0.350. The number of fused-ring (bicyclic) bond motifs is 1. The standard InChI is InChI=1S/C20H21N3O3/c1-13-16(17-18(24)21-12-22-19(17)26-13)20(25)23-9-7-15(8-10-23)11-14-5-3-2-4-6-14/h2-6,12,15H,7-11H2,1H3,(H,21,22,24). The third-order valence-corrected chi connectivity index (χ3v) is 5.15. The van der Waals surface area contributed by atoms with Gasteiger partial charge < -0.3 is 14.3 Å². The maximum Gasteiger partial charge on any atom is 0.262 e. The topological polar surface area (TPSA) is 79.2 Å². The maximum absolute atomic E-state index is 13.0. The van der Waals surface area contributed by atoms with Crippen LogP contribution in [-0.4, -0.2) is 33.9 Å². The molecule has 1 aliphatic heterocycles. The van der Waals surface area contributed by atoms with Crippen LogP contribution in [0.2, 0.25) is 0 Å². The monoisotopic (exact) mass is 351 g/mol. The zero-order valence-corrected chi connectivity index (χ0v) is 14.7. The fourth-order valence-corrected chi connectivity index (χ4v) is 3.76. The maximum atomic E-state index is 13.0. The number of carbonyl (C=O) groups excluding carboxylic acids is 1. The molecule has 0 spiro atoms. The van der Waals surface area contributed by atoms with Crippen LogP contribution in [0.3, 0.4) is 0 Å². The van der Waals surface area contributed by atoms with Gasteiger partial charge in [0.1, 0.15) is 11.1 Å². The molecule has 4 rings (SSSR count). The molecule has 1 aromatic carbocycles. The number of piperidine rings is 1. The highest BCUT2D eigenvalue weighted by atomic mass is 16.3. The number of hydrogen-bond donors (Lipinski definition) is 1. The molecule has 1 aliphatic rings. The first-order valence-corrected chi connectivity index (χ1v) is 8.93. The van der Waals surface area contributed by atoms with Crippen LogP contribution in [0, 0.1) is 12.8 Å². The number of rotatable bonds is 3. The van der Waals surface area contributed by atoms with E-state index in [4.69, 9.17) is 4.42 Å². The van der Waals surface area contributed by atoms with Gasteiger partial charge in [0.05, 0.1) is 11.9 Å². The summed E-state index contributed by atoms with van der Waals surface area (Å²) in [5.41, 5.74) is 1.56. The van der Waals surface area contributed by atoms with Crippen LogP contribution in [0.1, 0.15) is 34.5 Å². The van der Waals surface area contributed by atoms with E-state index in [0.717, 1.165) is 19.3 Å². The third-order valence-electron chi connectivity index (χ3n) is 5.15. The summed E-state index contributed by atoms with van der Waals surface area (Å²) in [6.45, 7) is 3.09. The molecule has 0 unspecified atom stereocenters. The van der Waals surface area contributed by atoms with Crippen LogP contribution in [0.15, 0.2) is 45.9 Å². The van der Waals surface area contributed by atoms with Crippen LogP contribution >= 0.6 is 0 Å². The van der Waals surface area contributed by atoms with Gasteiger partial charge in [0.2, 0.25) is 5.71 Å².